The Morgan fingerprint density at radius 1 is 1.43 bits per heavy atom. The molecule has 3 aromatic rings. The number of thiazole rings is 1. The van der Waals surface area contributed by atoms with Gasteiger partial charge in [0.2, 0.25) is 0 Å². The molecule has 0 radical (unpaired) electrons. The molecular formula is C21H17N3O3S. The lowest BCUT2D eigenvalue weighted by Crippen LogP contribution is -2.32. The lowest BCUT2D eigenvalue weighted by Gasteiger charge is -2.00. The van der Waals surface area contributed by atoms with Crippen molar-refractivity contribution in [1.82, 2.24) is 9.55 Å². The van der Waals surface area contributed by atoms with E-state index >= 15 is 0 Å². The fraction of sp³-hybridized carbons (Fsp3) is 0.143. The highest BCUT2D eigenvalue weighted by atomic mass is 32.1. The van der Waals surface area contributed by atoms with Gasteiger partial charge < -0.3 is 9.72 Å². The van der Waals surface area contributed by atoms with Crippen molar-refractivity contribution in [2.45, 2.75) is 13.5 Å². The third kappa shape index (κ3) is 3.60. The van der Waals surface area contributed by atoms with Gasteiger partial charge in [0.25, 0.3) is 5.56 Å². The van der Waals surface area contributed by atoms with Crippen LogP contribution in [0.4, 0.5) is 0 Å². The minimum atomic E-state index is -0.780. The summed E-state index contributed by atoms with van der Waals surface area (Å²) in [5.74, 6) is -0.780. The fourth-order valence-corrected chi connectivity index (χ4v) is 3.78. The number of carbonyl (C=O) groups excluding carboxylic acids is 1. The molecule has 0 amide bonds. The van der Waals surface area contributed by atoms with Crippen LogP contribution in [-0.4, -0.2) is 22.1 Å². The Hall–Kier alpha value is -3.59. The van der Waals surface area contributed by atoms with Gasteiger partial charge in [0.15, 0.2) is 5.57 Å². The van der Waals surface area contributed by atoms with Gasteiger partial charge in [-0.05, 0) is 19.1 Å². The van der Waals surface area contributed by atoms with E-state index in [1.165, 1.54) is 10.6 Å². The SMILES string of the molecule is C=CCOC(=O)/C(C#N)=c1\sc(=C=Cc2c[nH]c3ccccc23)c(=O)n1CC. The molecule has 2 heterocycles. The predicted molar refractivity (Wildman–Crippen MR) is 110 cm³/mol. The molecule has 0 spiro atoms. The summed E-state index contributed by atoms with van der Waals surface area (Å²) in [4.78, 5) is 28.0. The molecule has 0 aliphatic rings. The molecule has 7 heteroatoms. The van der Waals surface area contributed by atoms with Crippen LogP contribution in [0.15, 0.2) is 47.9 Å². The van der Waals surface area contributed by atoms with Crippen molar-refractivity contribution in [3.05, 3.63) is 68.2 Å². The summed E-state index contributed by atoms with van der Waals surface area (Å²) in [6.07, 6.45) is 4.97. The molecule has 140 valence electrons. The molecule has 1 aromatic carbocycles. The van der Waals surface area contributed by atoms with Crippen molar-refractivity contribution in [1.29, 1.82) is 5.26 Å². The summed E-state index contributed by atoms with van der Waals surface area (Å²) in [5.41, 5.74) is 4.38. The zero-order valence-corrected chi connectivity index (χ0v) is 16.0. The van der Waals surface area contributed by atoms with E-state index < -0.39 is 5.97 Å². The van der Waals surface area contributed by atoms with Crippen LogP contribution in [0, 0.1) is 11.3 Å². The summed E-state index contributed by atoms with van der Waals surface area (Å²) >= 11 is 1.04. The molecule has 0 unspecified atom stereocenters. The van der Waals surface area contributed by atoms with E-state index in [9.17, 15) is 14.9 Å². The second-order valence-corrected chi connectivity index (χ2v) is 6.74. The number of aromatic amines is 1. The Balaban J connectivity index is 2.22. The normalized spacial score (nSPS) is 11.4. The molecular weight excluding hydrogens is 374 g/mol. The van der Waals surface area contributed by atoms with Gasteiger partial charge in [0.05, 0.1) is 0 Å². The first-order valence-electron chi connectivity index (χ1n) is 8.55. The van der Waals surface area contributed by atoms with Crippen LogP contribution in [0.2, 0.25) is 0 Å². The maximum absolute atomic E-state index is 12.7. The number of rotatable bonds is 5. The molecule has 0 saturated heterocycles. The molecule has 0 aliphatic carbocycles. The third-order valence-corrected chi connectivity index (χ3v) is 5.16. The van der Waals surface area contributed by atoms with E-state index in [2.05, 4.69) is 17.3 Å². The van der Waals surface area contributed by atoms with Crippen LogP contribution in [-0.2, 0) is 16.1 Å². The molecule has 0 atom stereocenters. The van der Waals surface area contributed by atoms with Crippen molar-refractivity contribution in [2.24, 2.45) is 0 Å². The summed E-state index contributed by atoms with van der Waals surface area (Å²) < 4.78 is 6.91. The highest BCUT2D eigenvalue weighted by Gasteiger charge is 2.16. The topological polar surface area (TPSA) is 87.9 Å². The molecule has 0 fully saturated rings. The summed E-state index contributed by atoms with van der Waals surface area (Å²) in [5, 5.41) is 10.4. The van der Waals surface area contributed by atoms with E-state index in [1.807, 2.05) is 36.5 Å². The third-order valence-electron chi connectivity index (χ3n) is 4.04. The van der Waals surface area contributed by atoms with Crippen molar-refractivity contribution in [3.63, 3.8) is 0 Å². The maximum atomic E-state index is 12.7. The maximum Gasteiger partial charge on any atom is 0.352 e. The van der Waals surface area contributed by atoms with E-state index in [-0.39, 0.29) is 22.4 Å². The summed E-state index contributed by atoms with van der Waals surface area (Å²) in [7, 11) is 0. The van der Waals surface area contributed by atoms with Crippen molar-refractivity contribution in [2.75, 3.05) is 6.61 Å². The number of aromatic nitrogens is 2. The minimum absolute atomic E-state index is 0.00874. The van der Waals surface area contributed by atoms with Crippen LogP contribution in [0.1, 0.15) is 12.5 Å². The molecule has 0 saturated carbocycles. The standard InChI is InChI=1S/C21H17N3O3S/c1-3-11-27-21(26)16(12-22)20-24(4-2)19(25)18(28-20)10-9-14-13-23-17-8-6-5-7-15(14)17/h3,5-9,13,23H,1,4,11H2,2H3/b20-16-. The number of nitrogens with zero attached hydrogens (tertiary/aromatic N) is 2. The van der Waals surface area contributed by atoms with Gasteiger partial charge >= 0.3 is 5.97 Å². The number of ether oxygens (including phenoxy) is 1. The Labute approximate surface area is 164 Å². The zero-order chi connectivity index (χ0) is 20.1. The lowest BCUT2D eigenvalue weighted by atomic mass is 10.2. The van der Waals surface area contributed by atoms with E-state index in [4.69, 9.17) is 4.74 Å². The summed E-state index contributed by atoms with van der Waals surface area (Å²) in [6.45, 7) is 5.56. The molecule has 6 nitrogen and oxygen atoms in total. The molecule has 0 aliphatic heterocycles. The summed E-state index contributed by atoms with van der Waals surface area (Å²) in [6, 6.07) is 9.66. The van der Waals surface area contributed by atoms with Crippen LogP contribution >= 0.6 is 11.3 Å². The largest absolute Gasteiger partial charge is 0.457 e. The zero-order valence-electron chi connectivity index (χ0n) is 15.2. The van der Waals surface area contributed by atoms with Gasteiger partial charge in [-0.25, -0.2) is 4.79 Å². The van der Waals surface area contributed by atoms with Gasteiger partial charge in [0, 0.05) is 29.2 Å². The number of hydrogen-bond acceptors (Lipinski definition) is 5. The monoisotopic (exact) mass is 391 g/mol. The van der Waals surface area contributed by atoms with Gasteiger partial charge in [-0.1, -0.05) is 36.6 Å². The first kappa shape index (κ1) is 19.2. The number of hydrogen-bond donors (Lipinski definition) is 1. The van der Waals surface area contributed by atoms with Gasteiger partial charge in [0.1, 0.15) is 21.9 Å². The first-order valence-corrected chi connectivity index (χ1v) is 9.37. The van der Waals surface area contributed by atoms with E-state index in [0.29, 0.717) is 11.1 Å². The number of para-hydroxylation sites is 1. The second-order valence-electron chi connectivity index (χ2n) is 5.74. The number of nitrogens with one attached hydrogen (secondary N) is 1. The minimum Gasteiger partial charge on any atom is -0.457 e. The Bertz CT molecular complexity index is 1310. The van der Waals surface area contributed by atoms with Gasteiger partial charge in [-0.3, -0.25) is 9.36 Å². The van der Waals surface area contributed by atoms with Crippen molar-refractivity contribution < 1.29 is 9.53 Å². The molecule has 28 heavy (non-hydrogen) atoms. The average molecular weight is 391 g/mol. The first-order chi connectivity index (χ1) is 13.6. The molecule has 1 N–H and O–H groups in total. The smallest absolute Gasteiger partial charge is 0.352 e. The number of esters is 1. The number of carbonyl (C=O) groups is 1. The number of H-pyrrole nitrogens is 1. The Kier molecular flexibility index (Phi) is 5.75. The van der Waals surface area contributed by atoms with Crippen LogP contribution in [0.25, 0.3) is 28.3 Å². The number of fused-ring (bicyclic) bond motifs is 1. The highest BCUT2D eigenvalue weighted by molar-refractivity contribution is 7.07. The molecule has 3 rings (SSSR count). The van der Waals surface area contributed by atoms with E-state index in [1.54, 1.807) is 13.0 Å². The molecule has 0 bridgehead atoms. The second kappa shape index (κ2) is 8.40. The predicted octanol–water partition coefficient (Wildman–Crippen LogP) is 1.91. The fourth-order valence-electron chi connectivity index (χ4n) is 2.72. The van der Waals surface area contributed by atoms with Crippen LogP contribution in [0.3, 0.4) is 0 Å². The van der Waals surface area contributed by atoms with E-state index in [0.717, 1.165) is 27.8 Å². The Morgan fingerprint density at radius 3 is 2.93 bits per heavy atom. The number of nitriles is 1. The molecule has 2 aromatic heterocycles. The van der Waals surface area contributed by atoms with Crippen LogP contribution < -0.4 is 14.8 Å². The average Bonchev–Trinajstić information content (AvgIpc) is 3.26. The van der Waals surface area contributed by atoms with Crippen molar-refractivity contribution in [3.8, 4) is 6.07 Å². The quantitative estimate of drug-likeness (QED) is 0.532. The Morgan fingerprint density at radius 2 is 2.21 bits per heavy atom. The van der Waals surface area contributed by atoms with Crippen molar-refractivity contribution >= 4 is 45.6 Å². The lowest BCUT2D eigenvalue weighted by molar-refractivity contribution is -0.135. The highest BCUT2D eigenvalue weighted by Crippen LogP contribution is 2.18. The van der Waals surface area contributed by atoms with Gasteiger partial charge in [-0.2, -0.15) is 5.26 Å². The van der Waals surface area contributed by atoms with Gasteiger partial charge in [-0.15, -0.1) is 11.3 Å². The number of benzene rings is 1. The van der Waals surface area contributed by atoms with Crippen LogP contribution in [0.5, 0.6) is 0 Å².